The summed E-state index contributed by atoms with van der Waals surface area (Å²) in [5.41, 5.74) is 1.96. The minimum atomic E-state index is 0.0818. The minimum absolute atomic E-state index is 0.0818. The molecule has 1 aromatic heterocycles. The number of nitrogens with one attached hydrogen (secondary N) is 1. The molecular formula is C20H23N3O3S. The quantitative estimate of drug-likeness (QED) is 0.859. The van der Waals surface area contributed by atoms with Gasteiger partial charge in [-0.3, -0.25) is 9.59 Å². The van der Waals surface area contributed by atoms with Gasteiger partial charge >= 0.3 is 0 Å². The van der Waals surface area contributed by atoms with Crippen LogP contribution < -0.4 is 10.1 Å². The molecule has 0 radical (unpaired) electrons. The van der Waals surface area contributed by atoms with Crippen molar-refractivity contribution in [2.75, 3.05) is 19.0 Å². The van der Waals surface area contributed by atoms with Gasteiger partial charge in [-0.15, -0.1) is 0 Å². The molecule has 2 aromatic rings. The first-order chi connectivity index (χ1) is 13.1. The van der Waals surface area contributed by atoms with E-state index >= 15 is 0 Å². The Morgan fingerprint density at radius 2 is 2.22 bits per heavy atom. The predicted octanol–water partition coefficient (Wildman–Crippen LogP) is 3.02. The normalized spacial score (nSPS) is 16.4. The lowest BCUT2D eigenvalue weighted by molar-refractivity contribution is -0.131. The Bertz CT molecular complexity index is 860. The van der Waals surface area contributed by atoms with Crippen LogP contribution in [0, 0.1) is 5.92 Å². The van der Waals surface area contributed by atoms with Crippen LogP contribution in [0.2, 0.25) is 0 Å². The molecule has 1 aromatic carbocycles. The molecule has 27 heavy (non-hydrogen) atoms. The van der Waals surface area contributed by atoms with E-state index in [0.29, 0.717) is 24.6 Å². The molecule has 2 amide bonds. The van der Waals surface area contributed by atoms with Gasteiger partial charge in [-0.25, -0.2) is 4.98 Å². The Morgan fingerprint density at radius 1 is 1.37 bits per heavy atom. The Balaban J connectivity index is 1.38. The fourth-order valence-electron chi connectivity index (χ4n) is 3.41. The van der Waals surface area contributed by atoms with Crippen molar-refractivity contribution in [1.82, 2.24) is 9.88 Å². The molecule has 0 saturated heterocycles. The number of rotatable bonds is 5. The summed E-state index contributed by atoms with van der Waals surface area (Å²) in [5, 5.41) is 3.61. The van der Waals surface area contributed by atoms with Crippen molar-refractivity contribution in [2.24, 2.45) is 5.92 Å². The van der Waals surface area contributed by atoms with Crippen LogP contribution in [0.4, 0.5) is 5.13 Å². The highest BCUT2D eigenvalue weighted by molar-refractivity contribution is 7.15. The van der Waals surface area contributed by atoms with Gasteiger partial charge in [0.1, 0.15) is 5.75 Å². The van der Waals surface area contributed by atoms with Crippen LogP contribution in [0.25, 0.3) is 0 Å². The maximum absolute atomic E-state index is 12.7. The first kappa shape index (κ1) is 18.0. The molecule has 4 rings (SSSR count). The van der Waals surface area contributed by atoms with Gasteiger partial charge in [-0.2, -0.15) is 0 Å². The van der Waals surface area contributed by atoms with E-state index in [-0.39, 0.29) is 17.7 Å². The van der Waals surface area contributed by atoms with E-state index in [0.717, 1.165) is 47.6 Å². The molecule has 1 aliphatic heterocycles. The number of carbonyl (C=O) groups is 2. The van der Waals surface area contributed by atoms with Crippen molar-refractivity contribution in [1.29, 1.82) is 0 Å². The van der Waals surface area contributed by atoms with E-state index in [2.05, 4.69) is 10.3 Å². The third-order valence-corrected chi connectivity index (χ3v) is 6.28. The molecule has 2 aliphatic rings. The number of anilines is 1. The number of ether oxygens (including phenoxy) is 1. The zero-order valence-electron chi connectivity index (χ0n) is 15.4. The molecule has 1 saturated carbocycles. The highest BCUT2D eigenvalue weighted by Crippen LogP contribution is 2.31. The van der Waals surface area contributed by atoms with Crippen molar-refractivity contribution >= 4 is 28.3 Å². The van der Waals surface area contributed by atoms with E-state index in [1.54, 1.807) is 7.11 Å². The number of hydrogen-bond donors (Lipinski definition) is 1. The predicted molar refractivity (Wildman–Crippen MR) is 104 cm³/mol. The molecule has 0 atom stereocenters. The standard InChI is InChI=1S/C20H23N3O3S/c1-26-15-7-2-4-13(10-15)11-18(24)23-9-8-16-17(12-23)27-20(21-16)22-19(25)14-5-3-6-14/h2,4,7,10,14H,3,5-6,8-9,11-12H2,1H3,(H,21,22,25). The fourth-order valence-corrected chi connectivity index (χ4v) is 4.44. The SMILES string of the molecule is COc1cccc(CC(=O)N2CCc3nc(NC(=O)C4CCC4)sc3C2)c1. The molecule has 0 bridgehead atoms. The number of fused-ring (bicyclic) bond motifs is 1. The molecule has 7 heteroatoms. The molecule has 6 nitrogen and oxygen atoms in total. The van der Waals surface area contributed by atoms with Crippen LogP contribution >= 0.6 is 11.3 Å². The van der Waals surface area contributed by atoms with Crippen molar-refractivity contribution in [3.8, 4) is 5.75 Å². The number of amides is 2. The summed E-state index contributed by atoms with van der Waals surface area (Å²) in [6, 6.07) is 7.61. The lowest BCUT2D eigenvalue weighted by atomic mass is 9.85. The molecule has 0 unspecified atom stereocenters. The zero-order valence-corrected chi connectivity index (χ0v) is 16.2. The van der Waals surface area contributed by atoms with Crippen LogP contribution in [0.1, 0.15) is 35.4 Å². The van der Waals surface area contributed by atoms with E-state index in [4.69, 9.17) is 4.74 Å². The number of hydrogen-bond acceptors (Lipinski definition) is 5. The second-order valence-corrected chi connectivity index (χ2v) is 8.18. The van der Waals surface area contributed by atoms with E-state index in [9.17, 15) is 9.59 Å². The number of aromatic nitrogens is 1. The third kappa shape index (κ3) is 3.98. The van der Waals surface area contributed by atoms with Gasteiger partial charge in [-0.05, 0) is 30.5 Å². The maximum atomic E-state index is 12.7. The molecule has 142 valence electrons. The topological polar surface area (TPSA) is 71.5 Å². The minimum Gasteiger partial charge on any atom is -0.497 e. The molecule has 2 heterocycles. The van der Waals surface area contributed by atoms with Crippen LogP contribution in [0.5, 0.6) is 5.75 Å². The summed E-state index contributed by atoms with van der Waals surface area (Å²) in [4.78, 5) is 32.3. The zero-order chi connectivity index (χ0) is 18.8. The van der Waals surface area contributed by atoms with E-state index < -0.39 is 0 Å². The second-order valence-electron chi connectivity index (χ2n) is 7.10. The summed E-state index contributed by atoms with van der Waals surface area (Å²) in [6.45, 7) is 1.23. The highest BCUT2D eigenvalue weighted by atomic mass is 32.1. The van der Waals surface area contributed by atoms with E-state index in [1.165, 1.54) is 11.3 Å². The van der Waals surface area contributed by atoms with Crippen molar-refractivity contribution in [3.63, 3.8) is 0 Å². The molecule has 1 N–H and O–H groups in total. The molecule has 0 spiro atoms. The van der Waals surface area contributed by atoms with Gasteiger partial charge in [0.15, 0.2) is 5.13 Å². The van der Waals surface area contributed by atoms with Crippen molar-refractivity contribution in [3.05, 3.63) is 40.4 Å². The smallest absolute Gasteiger partial charge is 0.229 e. The van der Waals surface area contributed by atoms with Gasteiger partial charge < -0.3 is 15.0 Å². The average Bonchev–Trinajstić information content (AvgIpc) is 3.01. The monoisotopic (exact) mass is 385 g/mol. The second kappa shape index (κ2) is 7.68. The summed E-state index contributed by atoms with van der Waals surface area (Å²) in [7, 11) is 1.62. The average molecular weight is 385 g/mol. The molecular weight excluding hydrogens is 362 g/mol. The Morgan fingerprint density at radius 3 is 2.96 bits per heavy atom. The Hall–Kier alpha value is -2.41. The summed E-state index contributed by atoms with van der Waals surface area (Å²) < 4.78 is 5.23. The molecule has 1 aliphatic carbocycles. The number of carbonyl (C=O) groups excluding carboxylic acids is 2. The largest absolute Gasteiger partial charge is 0.497 e. The van der Waals surface area contributed by atoms with Crippen LogP contribution in [-0.4, -0.2) is 35.4 Å². The first-order valence-electron chi connectivity index (χ1n) is 9.32. The lowest BCUT2D eigenvalue weighted by Gasteiger charge is -2.26. The van der Waals surface area contributed by atoms with Gasteiger partial charge in [-0.1, -0.05) is 29.9 Å². The molecule has 1 fully saturated rings. The van der Waals surface area contributed by atoms with Gasteiger partial charge in [0, 0.05) is 23.8 Å². The Kier molecular flexibility index (Phi) is 5.11. The number of thiazole rings is 1. The highest BCUT2D eigenvalue weighted by Gasteiger charge is 2.28. The third-order valence-electron chi connectivity index (χ3n) is 5.28. The van der Waals surface area contributed by atoms with Crippen LogP contribution in [-0.2, 0) is 29.0 Å². The van der Waals surface area contributed by atoms with Gasteiger partial charge in [0.25, 0.3) is 0 Å². The van der Waals surface area contributed by atoms with E-state index in [1.807, 2.05) is 29.2 Å². The first-order valence-corrected chi connectivity index (χ1v) is 10.1. The Labute approximate surface area is 162 Å². The maximum Gasteiger partial charge on any atom is 0.229 e. The fraction of sp³-hybridized carbons (Fsp3) is 0.450. The number of methoxy groups -OCH3 is 1. The van der Waals surface area contributed by atoms with Crippen LogP contribution in [0.15, 0.2) is 24.3 Å². The number of nitrogens with zero attached hydrogens (tertiary/aromatic N) is 2. The number of benzene rings is 1. The summed E-state index contributed by atoms with van der Waals surface area (Å²) in [5.74, 6) is 1.09. The van der Waals surface area contributed by atoms with Gasteiger partial charge in [0.2, 0.25) is 11.8 Å². The van der Waals surface area contributed by atoms with Gasteiger partial charge in [0.05, 0.1) is 25.8 Å². The van der Waals surface area contributed by atoms with Crippen molar-refractivity contribution in [2.45, 2.75) is 38.6 Å². The summed E-state index contributed by atoms with van der Waals surface area (Å²) in [6.07, 6.45) is 4.18. The van der Waals surface area contributed by atoms with Crippen LogP contribution in [0.3, 0.4) is 0 Å². The summed E-state index contributed by atoms with van der Waals surface area (Å²) >= 11 is 1.49. The lowest BCUT2D eigenvalue weighted by Crippen LogP contribution is -2.36. The van der Waals surface area contributed by atoms with Crippen molar-refractivity contribution < 1.29 is 14.3 Å².